The van der Waals surface area contributed by atoms with Crippen molar-refractivity contribution in [3.63, 3.8) is 0 Å². The van der Waals surface area contributed by atoms with Gasteiger partial charge >= 0.3 is 14.8 Å². The van der Waals surface area contributed by atoms with Gasteiger partial charge in [-0.15, -0.1) is 0 Å². The summed E-state index contributed by atoms with van der Waals surface area (Å²) in [7, 11) is -2.83. The normalized spacial score (nSPS) is 11.5. The number of carbonyl (C=O) groups excluding carboxylic acids is 1. The highest BCUT2D eigenvalue weighted by Crippen LogP contribution is 2.11. The van der Waals surface area contributed by atoms with E-state index in [0.29, 0.717) is 19.8 Å². The van der Waals surface area contributed by atoms with Crippen molar-refractivity contribution >= 4 is 14.8 Å². The van der Waals surface area contributed by atoms with Crippen molar-refractivity contribution in [1.82, 2.24) is 5.32 Å². The van der Waals surface area contributed by atoms with Crippen LogP contribution in [0.3, 0.4) is 0 Å². The van der Waals surface area contributed by atoms with E-state index in [4.69, 9.17) is 19.0 Å². The molecule has 0 bridgehead atoms. The molecule has 0 fully saturated rings. The molecule has 0 rings (SSSR count). The summed E-state index contributed by atoms with van der Waals surface area (Å²) in [6, 6.07) is -0.591. The Kier molecular flexibility index (Phi) is 9.94. The topological polar surface area (TPSA) is 82.8 Å². The van der Waals surface area contributed by atoms with Crippen molar-refractivity contribution in [3.8, 4) is 0 Å². The first-order valence-electron chi connectivity index (χ1n) is 6.55. The van der Waals surface area contributed by atoms with Gasteiger partial charge in [0.2, 0.25) is 0 Å². The molecule has 0 aliphatic heterocycles. The highest BCUT2D eigenvalue weighted by atomic mass is 28.4. The van der Waals surface area contributed by atoms with Gasteiger partial charge in [0.05, 0.1) is 6.17 Å². The van der Waals surface area contributed by atoms with Gasteiger partial charge in [0, 0.05) is 19.8 Å². The molecule has 0 spiro atoms. The van der Waals surface area contributed by atoms with Gasteiger partial charge in [-0.2, -0.15) is 0 Å². The second-order valence-corrected chi connectivity index (χ2v) is 6.53. The van der Waals surface area contributed by atoms with Crippen molar-refractivity contribution in [2.45, 2.75) is 40.0 Å². The monoisotopic (exact) mass is 278 g/mol. The first-order valence-corrected chi connectivity index (χ1v) is 8.48. The van der Waals surface area contributed by atoms with Gasteiger partial charge < -0.3 is 24.3 Å². The Bertz CT molecular complexity index is 207. The molecule has 0 aromatic heterocycles. The van der Waals surface area contributed by atoms with Crippen LogP contribution in [0.4, 0.5) is 4.79 Å². The van der Waals surface area contributed by atoms with Crippen LogP contribution < -0.4 is 11.1 Å². The number of hydrogen-bond donors (Lipinski definition) is 2. The Morgan fingerprint density at radius 2 is 1.39 bits per heavy atom. The molecule has 108 valence electrons. The van der Waals surface area contributed by atoms with Crippen molar-refractivity contribution in [2.75, 3.05) is 26.0 Å². The van der Waals surface area contributed by atoms with Gasteiger partial charge in [-0.05, 0) is 19.3 Å². The zero-order valence-corrected chi connectivity index (χ0v) is 12.7. The minimum absolute atomic E-state index is 0.225. The number of hydrogen-bond acceptors (Lipinski definition) is 4. The number of nitrogens with one attached hydrogen (secondary N) is 1. The molecular weight excluding hydrogens is 252 g/mol. The summed E-state index contributed by atoms with van der Waals surface area (Å²) in [5.41, 5.74) is 5.09. The average Bonchev–Trinajstić information content (AvgIpc) is 2.37. The van der Waals surface area contributed by atoms with Crippen molar-refractivity contribution < 1.29 is 18.1 Å². The molecule has 7 heteroatoms. The zero-order valence-electron chi connectivity index (χ0n) is 11.7. The quantitative estimate of drug-likeness (QED) is 0.560. The SMILES string of the molecule is CCCO[Si](CNC(N)=O)(OCCC)OCCC. The Balaban J connectivity index is 4.55. The number of primary amides is 1. The largest absolute Gasteiger partial charge is 0.521 e. The Morgan fingerprint density at radius 3 is 1.67 bits per heavy atom. The molecule has 3 N–H and O–H groups in total. The summed E-state index contributed by atoms with van der Waals surface area (Å²) in [6.07, 6.45) is 2.84. The molecule has 0 radical (unpaired) electrons. The highest BCUT2D eigenvalue weighted by molar-refractivity contribution is 6.61. The molecule has 0 saturated heterocycles. The lowest BCUT2D eigenvalue weighted by atomic mass is 10.5. The summed E-state index contributed by atoms with van der Waals surface area (Å²) in [5, 5.41) is 2.54. The zero-order chi connectivity index (χ0) is 13.9. The smallest absolute Gasteiger partial charge is 0.372 e. The van der Waals surface area contributed by atoms with Gasteiger partial charge in [-0.3, -0.25) is 0 Å². The lowest BCUT2D eigenvalue weighted by molar-refractivity contribution is 0.0588. The lowest BCUT2D eigenvalue weighted by Gasteiger charge is -2.29. The second kappa shape index (κ2) is 10.3. The Labute approximate surface area is 111 Å². The first-order chi connectivity index (χ1) is 8.60. The molecule has 0 atom stereocenters. The molecule has 18 heavy (non-hydrogen) atoms. The van der Waals surface area contributed by atoms with Crippen LogP contribution in [0.15, 0.2) is 0 Å². The fourth-order valence-corrected chi connectivity index (χ4v) is 3.74. The lowest BCUT2D eigenvalue weighted by Crippen LogP contribution is -2.56. The van der Waals surface area contributed by atoms with E-state index < -0.39 is 14.8 Å². The highest BCUT2D eigenvalue weighted by Gasteiger charge is 2.41. The summed E-state index contributed by atoms with van der Waals surface area (Å²) >= 11 is 0. The molecule has 2 amide bonds. The summed E-state index contributed by atoms with van der Waals surface area (Å²) in [5.74, 6) is 0. The van der Waals surface area contributed by atoms with Crippen LogP contribution in [0.1, 0.15) is 40.0 Å². The predicted octanol–water partition coefficient (Wildman–Crippen LogP) is 1.41. The van der Waals surface area contributed by atoms with E-state index in [0.717, 1.165) is 19.3 Å². The summed E-state index contributed by atoms with van der Waals surface area (Å²) < 4.78 is 17.3. The standard InChI is InChI=1S/C11H26N2O4Si/c1-4-7-15-18(16-8-5-2,17-9-6-3)10-13-11(12)14/h4-10H2,1-3H3,(H3,12,13,14). The molecule has 0 unspecified atom stereocenters. The fourth-order valence-electron chi connectivity index (χ4n) is 1.25. The Hall–Kier alpha value is -0.633. The van der Waals surface area contributed by atoms with Crippen LogP contribution in [0.2, 0.25) is 0 Å². The van der Waals surface area contributed by atoms with Gasteiger partial charge in [-0.1, -0.05) is 20.8 Å². The molecule has 0 aromatic carbocycles. The molecule has 0 heterocycles. The van der Waals surface area contributed by atoms with Crippen LogP contribution in [-0.4, -0.2) is 40.8 Å². The third-order valence-corrected chi connectivity index (χ3v) is 4.60. The van der Waals surface area contributed by atoms with Crippen LogP contribution in [0, 0.1) is 0 Å². The van der Waals surface area contributed by atoms with E-state index in [9.17, 15) is 4.79 Å². The van der Waals surface area contributed by atoms with Crippen molar-refractivity contribution in [2.24, 2.45) is 5.73 Å². The van der Waals surface area contributed by atoms with Crippen LogP contribution in [0.5, 0.6) is 0 Å². The summed E-state index contributed by atoms with van der Waals surface area (Å²) in [4.78, 5) is 10.8. The number of nitrogens with two attached hydrogens (primary N) is 1. The van der Waals surface area contributed by atoms with E-state index in [1.165, 1.54) is 0 Å². The minimum atomic E-state index is -2.83. The average molecular weight is 278 g/mol. The van der Waals surface area contributed by atoms with Crippen LogP contribution >= 0.6 is 0 Å². The van der Waals surface area contributed by atoms with Gasteiger partial charge in [0.15, 0.2) is 0 Å². The Morgan fingerprint density at radius 1 is 1.00 bits per heavy atom. The number of rotatable bonds is 11. The first kappa shape index (κ1) is 17.4. The molecule has 0 aliphatic carbocycles. The number of urea groups is 1. The van der Waals surface area contributed by atoms with Crippen LogP contribution in [-0.2, 0) is 13.3 Å². The van der Waals surface area contributed by atoms with E-state index in [2.05, 4.69) is 5.32 Å². The fraction of sp³-hybridized carbons (Fsp3) is 0.909. The maximum Gasteiger partial charge on any atom is 0.521 e. The van der Waals surface area contributed by atoms with E-state index in [-0.39, 0.29) is 6.17 Å². The van der Waals surface area contributed by atoms with Crippen LogP contribution in [0.25, 0.3) is 0 Å². The van der Waals surface area contributed by atoms with Crippen molar-refractivity contribution in [1.29, 1.82) is 0 Å². The minimum Gasteiger partial charge on any atom is -0.372 e. The number of carbonyl (C=O) groups is 1. The molecular formula is C11H26N2O4Si. The maximum atomic E-state index is 10.8. The molecule has 0 saturated carbocycles. The van der Waals surface area contributed by atoms with E-state index >= 15 is 0 Å². The van der Waals surface area contributed by atoms with E-state index in [1.807, 2.05) is 20.8 Å². The molecule has 0 aromatic rings. The predicted molar refractivity (Wildman–Crippen MR) is 72.1 cm³/mol. The van der Waals surface area contributed by atoms with Gasteiger partial charge in [0.1, 0.15) is 0 Å². The maximum absolute atomic E-state index is 10.8. The third kappa shape index (κ3) is 7.65. The molecule has 0 aliphatic rings. The number of amides is 2. The second-order valence-electron chi connectivity index (χ2n) is 3.95. The molecule has 6 nitrogen and oxygen atoms in total. The van der Waals surface area contributed by atoms with Gasteiger partial charge in [-0.25, -0.2) is 4.79 Å². The van der Waals surface area contributed by atoms with E-state index in [1.54, 1.807) is 0 Å². The van der Waals surface area contributed by atoms with Crippen molar-refractivity contribution in [3.05, 3.63) is 0 Å². The third-order valence-electron chi connectivity index (χ3n) is 2.06. The van der Waals surface area contributed by atoms with Gasteiger partial charge in [0.25, 0.3) is 0 Å². The summed E-state index contributed by atoms with van der Waals surface area (Å²) in [6.45, 7) is 7.71.